The molecule has 2 fully saturated rings. The lowest BCUT2D eigenvalue weighted by Crippen LogP contribution is -2.50. The number of fused-ring (bicyclic) bond motifs is 2. The van der Waals surface area contributed by atoms with Gasteiger partial charge >= 0.3 is 0 Å². The molecule has 1 aliphatic heterocycles. The summed E-state index contributed by atoms with van der Waals surface area (Å²) in [5, 5.41) is 1.16. The van der Waals surface area contributed by atoms with E-state index in [1.54, 1.807) is 0 Å². The number of aryl methyl sites for hydroxylation is 1. The number of piperidine rings is 1. The number of rotatable bonds is 1. The topological polar surface area (TPSA) is 25.2 Å². The van der Waals surface area contributed by atoms with Gasteiger partial charge in [0.15, 0.2) is 0 Å². The highest BCUT2D eigenvalue weighted by Gasteiger charge is 2.36. The molecule has 1 aromatic heterocycles. The predicted octanol–water partition coefficient (Wildman–Crippen LogP) is 3.97. The zero-order chi connectivity index (χ0) is 15.1. The predicted molar refractivity (Wildman–Crippen MR) is 88.9 cm³/mol. The van der Waals surface area contributed by atoms with Crippen LogP contribution in [0.1, 0.15) is 49.0 Å². The fourth-order valence-electron chi connectivity index (χ4n) is 4.52. The normalized spacial score (nSPS) is 25.2. The zero-order valence-corrected chi connectivity index (χ0v) is 13.3. The Labute approximate surface area is 131 Å². The quantitative estimate of drug-likeness (QED) is 0.781. The van der Waals surface area contributed by atoms with Crippen LogP contribution in [-0.2, 0) is 7.05 Å². The summed E-state index contributed by atoms with van der Waals surface area (Å²) in [4.78, 5) is 15.3. The van der Waals surface area contributed by atoms with E-state index in [0.29, 0.717) is 6.04 Å². The molecule has 3 heteroatoms. The smallest absolute Gasteiger partial charge is 0.270 e. The summed E-state index contributed by atoms with van der Waals surface area (Å²) in [6.07, 6.45) is 7.60. The standard InChI is InChI=1S/C19H24N2O/c1-20-16-10-4-3-8-15(16)13-18(20)19(22)21-12-6-9-14-7-2-5-11-17(14)21/h3-4,8,10,13-14,17H,2,5-7,9,11-12H2,1H3/t14-,17-/m1/s1. The molecular formula is C19H24N2O. The van der Waals surface area contributed by atoms with Crippen molar-refractivity contribution in [3.8, 4) is 0 Å². The SMILES string of the molecule is Cn1c(C(=O)N2CCC[C@H]3CCCC[C@H]32)cc2ccccc21. The van der Waals surface area contributed by atoms with Crippen molar-refractivity contribution in [2.24, 2.45) is 13.0 Å². The molecule has 2 aromatic rings. The largest absolute Gasteiger partial charge is 0.340 e. The molecule has 1 aliphatic carbocycles. The maximum atomic E-state index is 13.2. The van der Waals surface area contributed by atoms with E-state index >= 15 is 0 Å². The summed E-state index contributed by atoms with van der Waals surface area (Å²) in [5.74, 6) is 0.969. The Kier molecular flexibility index (Phi) is 3.44. The van der Waals surface area contributed by atoms with E-state index in [1.807, 2.05) is 19.2 Å². The van der Waals surface area contributed by atoms with Gasteiger partial charge in [-0.25, -0.2) is 0 Å². The van der Waals surface area contributed by atoms with E-state index in [9.17, 15) is 4.79 Å². The van der Waals surface area contributed by atoms with Crippen molar-refractivity contribution in [2.75, 3.05) is 6.54 Å². The van der Waals surface area contributed by atoms with Crippen LogP contribution in [-0.4, -0.2) is 28.0 Å². The average molecular weight is 296 g/mol. The van der Waals surface area contributed by atoms with Gasteiger partial charge in [0, 0.05) is 30.5 Å². The summed E-state index contributed by atoms with van der Waals surface area (Å²) in [5.41, 5.74) is 1.98. The molecule has 4 rings (SSSR count). The molecule has 0 spiro atoms. The molecule has 0 radical (unpaired) electrons. The van der Waals surface area contributed by atoms with Crippen LogP contribution in [0.3, 0.4) is 0 Å². The number of para-hydroxylation sites is 1. The number of likely N-dealkylation sites (tertiary alicyclic amines) is 1. The first kappa shape index (κ1) is 13.9. The zero-order valence-electron chi connectivity index (χ0n) is 13.3. The first-order chi connectivity index (χ1) is 10.8. The molecule has 1 saturated carbocycles. The number of nitrogens with zero attached hydrogens (tertiary/aromatic N) is 2. The average Bonchev–Trinajstić information content (AvgIpc) is 2.91. The highest BCUT2D eigenvalue weighted by atomic mass is 16.2. The van der Waals surface area contributed by atoms with E-state index in [4.69, 9.17) is 0 Å². The van der Waals surface area contributed by atoms with Crippen LogP contribution >= 0.6 is 0 Å². The third-order valence-corrected chi connectivity index (χ3v) is 5.67. The van der Waals surface area contributed by atoms with E-state index < -0.39 is 0 Å². The van der Waals surface area contributed by atoms with Gasteiger partial charge in [-0.05, 0) is 43.7 Å². The molecular weight excluding hydrogens is 272 g/mol. The van der Waals surface area contributed by atoms with Crippen LogP contribution in [0.4, 0.5) is 0 Å². The molecule has 2 heterocycles. The fraction of sp³-hybridized carbons (Fsp3) is 0.526. The lowest BCUT2D eigenvalue weighted by atomic mass is 9.78. The highest BCUT2D eigenvalue weighted by Crippen LogP contribution is 2.36. The maximum absolute atomic E-state index is 13.2. The van der Waals surface area contributed by atoms with Gasteiger partial charge < -0.3 is 9.47 Å². The lowest BCUT2D eigenvalue weighted by Gasteiger charge is -2.44. The third-order valence-electron chi connectivity index (χ3n) is 5.67. The van der Waals surface area contributed by atoms with E-state index in [1.165, 1.54) is 32.1 Å². The molecule has 0 N–H and O–H groups in total. The van der Waals surface area contributed by atoms with Crippen LogP contribution in [0.15, 0.2) is 30.3 Å². The Morgan fingerprint density at radius 2 is 1.86 bits per heavy atom. The van der Waals surface area contributed by atoms with Crippen LogP contribution in [0.5, 0.6) is 0 Å². The molecule has 2 atom stereocenters. The Morgan fingerprint density at radius 3 is 2.73 bits per heavy atom. The summed E-state index contributed by atoms with van der Waals surface area (Å²) in [6.45, 7) is 0.932. The Bertz CT molecular complexity index is 701. The van der Waals surface area contributed by atoms with Crippen molar-refractivity contribution >= 4 is 16.8 Å². The Morgan fingerprint density at radius 1 is 1.09 bits per heavy atom. The molecule has 0 unspecified atom stereocenters. The van der Waals surface area contributed by atoms with E-state index in [-0.39, 0.29) is 5.91 Å². The second-order valence-corrected chi connectivity index (χ2v) is 6.90. The number of carbonyl (C=O) groups excluding carboxylic acids is 1. The van der Waals surface area contributed by atoms with Gasteiger partial charge in [0.25, 0.3) is 5.91 Å². The van der Waals surface area contributed by atoms with Crippen LogP contribution in [0, 0.1) is 5.92 Å². The minimum absolute atomic E-state index is 0.232. The summed E-state index contributed by atoms with van der Waals surface area (Å²) < 4.78 is 2.06. The second-order valence-electron chi connectivity index (χ2n) is 6.90. The van der Waals surface area contributed by atoms with Crippen molar-refractivity contribution in [1.29, 1.82) is 0 Å². The van der Waals surface area contributed by atoms with Crippen molar-refractivity contribution < 1.29 is 4.79 Å². The number of amides is 1. The second kappa shape index (κ2) is 5.45. The van der Waals surface area contributed by atoms with E-state index in [2.05, 4.69) is 27.7 Å². The minimum atomic E-state index is 0.232. The first-order valence-corrected chi connectivity index (χ1v) is 8.61. The van der Waals surface area contributed by atoms with Gasteiger partial charge in [-0.15, -0.1) is 0 Å². The summed E-state index contributed by atoms with van der Waals surface area (Å²) in [7, 11) is 2.01. The fourth-order valence-corrected chi connectivity index (χ4v) is 4.52. The molecule has 2 aliphatic rings. The molecule has 1 saturated heterocycles. The van der Waals surface area contributed by atoms with Gasteiger partial charge in [-0.2, -0.15) is 0 Å². The minimum Gasteiger partial charge on any atom is -0.340 e. The van der Waals surface area contributed by atoms with Crippen LogP contribution < -0.4 is 0 Å². The molecule has 1 amide bonds. The number of hydrogen-bond donors (Lipinski definition) is 0. The monoisotopic (exact) mass is 296 g/mol. The van der Waals surface area contributed by atoms with Gasteiger partial charge in [0.2, 0.25) is 0 Å². The summed E-state index contributed by atoms with van der Waals surface area (Å²) >= 11 is 0. The highest BCUT2D eigenvalue weighted by molar-refractivity contribution is 5.99. The lowest BCUT2D eigenvalue weighted by molar-refractivity contribution is 0.0382. The Balaban J connectivity index is 1.68. The number of aromatic nitrogens is 1. The van der Waals surface area contributed by atoms with Crippen LogP contribution in [0.2, 0.25) is 0 Å². The molecule has 3 nitrogen and oxygen atoms in total. The van der Waals surface area contributed by atoms with Crippen molar-refractivity contribution in [3.63, 3.8) is 0 Å². The molecule has 0 bridgehead atoms. The number of carbonyl (C=O) groups is 1. The summed E-state index contributed by atoms with van der Waals surface area (Å²) in [6, 6.07) is 10.8. The number of benzene rings is 1. The molecule has 22 heavy (non-hydrogen) atoms. The first-order valence-electron chi connectivity index (χ1n) is 8.61. The van der Waals surface area contributed by atoms with Crippen molar-refractivity contribution in [3.05, 3.63) is 36.0 Å². The van der Waals surface area contributed by atoms with E-state index in [0.717, 1.165) is 35.5 Å². The van der Waals surface area contributed by atoms with Gasteiger partial charge in [0.05, 0.1) is 0 Å². The van der Waals surface area contributed by atoms with Crippen molar-refractivity contribution in [2.45, 2.75) is 44.6 Å². The number of hydrogen-bond acceptors (Lipinski definition) is 1. The van der Waals surface area contributed by atoms with Crippen molar-refractivity contribution in [1.82, 2.24) is 9.47 Å². The molecule has 1 aromatic carbocycles. The Hall–Kier alpha value is -1.77. The maximum Gasteiger partial charge on any atom is 0.270 e. The third kappa shape index (κ3) is 2.15. The van der Waals surface area contributed by atoms with Gasteiger partial charge in [-0.3, -0.25) is 4.79 Å². The van der Waals surface area contributed by atoms with Gasteiger partial charge in [0.1, 0.15) is 5.69 Å². The molecule has 116 valence electrons. The van der Waals surface area contributed by atoms with Gasteiger partial charge in [-0.1, -0.05) is 31.0 Å². The van der Waals surface area contributed by atoms with Crippen LogP contribution in [0.25, 0.3) is 10.9 Å².